The molecule has 1 aliphatic rings. The third-order valence-electron chi connectivity index (χ3n) is 5.33. The average Bonchev–Trinajstić information content (AvgIpc) is 3.52. The van der Waals surface area contributed by atoms with Gasteiger partial charge >= 0.3 is 0 Å². The van der Waals surface area contributed by atoms with Crippen LogP contribution in [0.4, 0.5) is 5.13 Å². The highest BCUT2D eigenvalue weighted by atomic mass is 32.1. The van der Waals surface area contributed by atoms with Crippen molar-refractivity contribution in [3.8, 4) is 5.69 Å². The van der Waals surface area contributed by atoms with Crippen molar-refractivity contribution in [2.75, 3.05) is 44.2 Å². The van der Waals surface area contributed by atoms with Crippen molar-refractivity contribution >= 4 is 22.6 Å². The average molecular weight is 439 g/mol. The van der Waals surface area contributed by atoms with E-state index in [-0.39, 0.29) is 0 Å². The van der Waals surface area contributed by atoms with Crippen molar-refractivity contribution < 1.29 is 0 Å². The highest BCUT2D eigenvalue weighted by molar-refractivity contribution is 7.09. The summed E-state index contributed by atoms with van der Waals surface area (Å²) in [5, 5.41) is 8.77. The van der Waals surface area contributed by atoms with Crippen LogP contribution in [0.2, 0.25) is 0 Å². The maximum Gasteiger partial charge on any atom is 0.205 e. The van der Waals surface area contributed by atoms with Gasteiger partial charge < -0.3 is 15.1 Å². The first kappa shape index (κ1) is 21.3. The summed E-state index contributed by atoms with van der Waals surface area (Å²) in [5.41, 5.74) is 2.35. The second-order valence-electron chi connectivity index (χ2n) is 7.42. The molecule has 9 heteroatoms. The molecule has 4 rings (SSSR count). The first-order valence-corrected chi connectivity index (χ1v) is 11.7. The minimum atomic E-state index is 0.764. The quantitative estimate of drug-likeness (QED) is 0.452. The maximum absolute atomic E-state index is 4.89. The minimum Gasteiger partial charge on any atom is -0.357 e. The van der Waals surface area contributed by atoms with Crippen LogP contribution in [0.25, 0.3) is 5.69 Å². The Bertz CT molecular complexity index is 956. The van der Waals surface area contributed by atoms with E-state index in [2.05, 4.69) is 67.7 Å². The molecule has 3 heterocycles. The van der Waals surface area contributed by atoms with Crippen molar-refractivity contribution in [3.05, 3.63) is 54.1 Å². The van der Waals surface area contributed by atoms with Crippen LogP contribution in [-0.2, 0) is 12.8 Å². The first-order valence-electron chi connectivity index (χ1n) is 11.0. The molecule has 1 saturated heterocycles. The van der Waals surface area contributed by atoms with E-state index in [4.69, 9.17) is 4.99 Å². The van der Waals surface area contributed by atoms with Crippen LogP contribution in [0.5, 0.6) is 0 Å². The lowest BCUT2D eigenvalue weighted by Gasteiger charge is -2.36. The molecule has 0 atom stereocenters. The highest BCUT2D eigenvalue weighted by Gasteiger charge is 2.22. The summed E-state index contributed by atoms with van der Waals surface area (Å²) < 4.78 is 6.29. The maximum atomic E-state index is 4.89. The summed E-state index contributed by atoms with van der Waals surface area (Å²) in [6.45, 7) is 9.60. The molecule has 164 valence electrons. The zero-order valence-electron chi connectivity index (χ0n) is 18.2. The number of anilines is 1. The van der Waals surface area contributed by atoms with E-state index in [0.29, 0.717) is 0 Å². The molecule has 0 aliphatic carbocycles. The van der Waals surface area contributed by atoms with Crippen LogP contribution in [0, 0.1) is 0 Å². The fourth-order valence-corrected chi connectivity index (χ4v) is 4.38. The second-order valence-corrected chi connectivity index (χ2v) is 8.15. The Morgan fingerprint density at radius 1 is 1.13 bits per heavy atom. The Morgan fingerprint density at radius 2 is 1.94 bits per heavy atom. The third-order valence-corrected chi connectivity index (χ3v) is 6.14. The van der Waals surface area contributed by atoms with E-state index in [1.54, 1.807) is 6.20 Å². The first-order chi connectivity index (χ1) is 15.3. The largest absolute Gasteiger partial charge is 0.357 e. The van der Waals surface area contributed by atoms with Crippen molar-refractivity contribution in [2.45, 2.75) is 26.7 Å². The molecular formula is C22H30N8S. The van der Waals surface area contributed by atoms with Crippen LogP contribution < -0.4 is 10.2 Å². The monoisotopic (exact) mass is 438 g/mol. The van der Waals surface area contributed by atoms with Gasteiger partial charge in [-0.25, -0.2) is 9.67 Å². The van der Waals surface area contributed by atoms with E-state index in [9.17, 15) is 0 Å². The molecule has 0 spiro atoms. The molecule has 31 heavy (non-hydrogen) atoms. The number of nitrogens with zero attached hydrogens (tertiary/aromatic N) is 7. The van der Waals surface area contributed by atoms with Gasteiger partial charge in [-0.3, -0.25) is 4.99 Å². The summed E-state index contributed by atoms with van der Waals surface area (Å²) in [6.07, 6.45) is 5.55. The Labute approximate surface area is 187 Å². The number of rotatable bonds is 7. The Kier molecular flexibility index (Phi) is 7.14. The SMILES string of the molecule is CCNC(=NCCc1ccc(-n2cccn2)cc1)N1CCN(c2nc(CC)ns2)CC1. The summed E-state index contributed by atoms with van der Waals surface area (Å²) in [6, 6.07) is 10.5. The van der Waals surface area contributed by atoms with Gasteiger partial charge in [0.05, 0.1) is 5.69 Å². The summed E-state index contributed by atoms with van der Waals surface area (Å²) >= 11 is 1.51. The molecule has 3 aromatic rings. The fraction of sp³-hybridized carbons (Fsp3) is 0.455. The molecule has 1 aliphatic heterocycles. The van der Waals surface area contributed by atoms with E-state index >= 15 is 0 Å². The molecule has 1 fully saturated rings. The Hall–Kier alpha value is -2.94. The molecule has 0 radical (unpaired) electrons. The van der Waals surface area contributed by atoms with Crippen LogP contribution in [-0.4, -0.2) is 69.3 Å². The van der Waals surface area contributed by atoms with Crippen LogP contribution >= 0.6 is 11.5 Å². The lowest BCUT2D eigenvalue weighted by atomic mass is 10.1. The number of aromatic nitrogens is 4. The lowest BCUT2D eigenvalue weighted by Crippen LogP contribution is -2.52. The summed E-state index contributed by atoms with van der Waals surface area (Å²) in [7, 11) is 0. The fourth-order valence-electron chi connectivity index (χ4n) is 3.58. The Balaban J connectivity index is 1.31. The number of aliphatic imine (C=N–C) groups is 1. The third kappa shape index (κ3) is 5.41. The van der Waals surface area contributed by atoms with Crippen molar-refractivity contribution in [3.63, 3.8) is 0 Å². The van der Waals surface area contributed by atoms with Crippen LogP contribution in [0.1, 0.15) is 25.2 Å². The molecule has 1 N–H and O–H groups in total. The molecule has 2 aromatic heterocycles. The van der Waals surface area contributed by atoms with Gasteiger partial charge in [-0.2, -0.15) is 9.47 Å². The van der Waals surface area contributed by atoms with Gasteiger partial charge in [0.15, 0.2) is 5.96 Å². The number of guanidine groups is 1. The zero-order chi connectivity index (χ0) is 21.5. The summed E-state index contributed by atoms with van der Waals surface area (Å²) in [5.74, 6) is 1.94. The standard InChI is InChI=1S/C22H30N8S/c1-3-20-26-22(31-27-20)29-16-14-28(15-17-29)21(23-4-2)24-12-10-18-6-8-19(9-7-18)30-13-5-11-25-30/h5-9,11,13H,3-4,10,12,14-17H2,1-2H3,(H,23,24). The normalized spacial score (nSPS) is 14.8. The molecule has 0 saturated carbocycles. The van der Waals surface area contributed by atoms with Gasteiger partial charge in [0.2, 0.25) is 5.13 Å². The predicted octanol–water partition coefficient (Wildman–Crippen LogP) is 2.62. The molecule has 0 unspecified atom stereocenters. The molecule has 1 aromatic carbocycles. The number of benzene rings is 1. The van der Waals surface area contributed by atoms with E-state index in [0.717, 1.165) is 74.7 Å². The van der Waals surface area contributed by atoms with Gasteiger partial charge in [0.25, 0.3) is 0 Å². The number of hydrogen-bond acceptors (Lipinski definition) is 6. The van der Waals surface area contributed by atoms with Crippen molar-refractivity contribution in [2.24, 2.45) is 4.99 Å². The Morgan fingerprint density at radius 3 is 2.58 bits per heavy atom. The van der Waals surface area contributed by atoms with Gasteiger partial charge in [-0.1, -0.05) is 19.1 Å². The van der Waals surface area contributed by atoms with Gasteiger partial charge in [0, 0.05) is 69.6 Å². The zero-order valence-corrected chi connectivity index (χ0v) is 19.1. The highest BCUT2D eigenvalue weighted by Crippen LogP contribution is 2.19. The summed E-state index contributed by atoms with van der Waals surface area (Å²) in [4.78, 5) is 14.2. The van der Waals surface area contributed by atoms with E-state index < -0.39 is 0 Å². The number of nitrogens with one attached hydrogen (secondary N) is 1. The van der Waals surface area contributed by atoms with E-state index in [1.165, 1.54) is 17.1 Å². The molecule has 8 nitrogen and oxygen atoms in total. The second kappa shape index (κ2) is 10.4. The lowest BCUT2D eigenvalue weighted by molar-refractivity contribution is 0.372. The topological polar surface area (TPSA) is 74.5 Å². The van der Waals surface area contributed by atoms with Crippen LogP contribution in [0.3, 0.4) is 0 Å². The van der Waals surface area contributed by atoms with Crippen LogP contribution in [0.15, 0.2) is 47.7 Å². The molecular weight excluding hydrogens is 408 g/mol. The van der Waals surface area contributed by atoms with Gasteiger partial charge in [-0.05, 0) is 37.1 Å². The molecule has 0 bridgehead atoms. The predicted molar refractivity (Wildman–Crippen MR) is 126 cm³/mol. The van der Waals surface area contributed by atoms with Crippen molar-refractivity contribution in [1.29, 1.82) is 0 Å². The van der Waals surface area contributed by atoms with Crippen molar-refractivity contribution in [1.82, 2.24) is 29.4 Å². The minimum absolute atomic E-state index is 0.764. The number of piperazine rings is 1. The van der Waals surface area contributed by atoms with Gasteiger partial charge in [-0.15, -0.1) is 0 Å². The number of hydrogen-bond donors (Lipinski definition) is 1. The van der Waals surface area contributed by atoms with E-state index in [1.807, 2.05) is 16.9 Å². The molecule has 0 amide bonds. The van der Waals surface area contributed by atoms with Gasteiger partial charge in [0.1, 0.15) is 5.82 Å². The number of aryl methyl sites for hydroxylation is 1. The smallest absolute Gasteiger partial charge is 0.205 e.